The van der Waals surface area contributed by atoms with Gasteiger partial charge in [0.2, 0.25) is 17.8 Å². The Hall–Kier alpha value is -3.36. The summed E-state index contributed by atoms with van der Waals surface area (Å²) in [5.41, 5.74) is 4.28. The molecule has 37 heavy (non-hydrogen) atoms. The first-order valence-corrected chi connectivity index (χ1v) is 13.0. The number of halogens is 1. The number of rotatable bonds is 7. The Balaban J connectivity index is 1.25. The molecule has 2 fully saturated rings. The lowest BCUT2D eigenvalue weighted by Crippen LogP contribution is -2.40. The molecule has 192 valence electrons. The monoisotopic (exact) mass is 615 g/mol. The quantitative estimate of drug-likeness (QED) is 0.140. The van der Waals surface area contributed by atoms with Crippen LogP contribution in [-0.2, 0) is 9.47 Å². The van der Waals surface area contributed by atoms with Gasteiger partial charge in [0, 0.05) is 29.7 Å². The molecule has 1 N–H and O–H groups in total. The van der Waals surface area contributed by atoms with Crippen LogP contribution in [0.4, 0.5) is 17.8 Å². The molecule has 11 nitrogen and oxygen atoms in total. The molecule has 0 unspecified atom stereocenters. The maximum absolute atomic E-state index is 12.4. The minimum Gasteiger partial charge on any atom is -0.423 e. The van der Waals surface area contributed by atoms with Gasteiger partial charge in [0.25, 0.3) is 0 Å². The van der Waals surface area contributed by atoms with E-state index in [-0.39, 0.29) is 0 Å². The van der Waals surface area contributed by atoms with Crippen LogP contribution in [-0.4, -0.2) is 79.7 Å². The van der Waals surface area contributed by atoms with E-state index < -0.39 is 5.97 Å². The third-order valence-electron chi connectivity index (χ3n) is 5.76. The summed E-state index contributed by atoms with van der Waals surface area (Å²) < 4.78 is 17.3. The van der Waals surface area contributed by atoms with E-state index in [0.29, 0.717) is 55.6 Å². The van der Waals surface area contributed by atoms with Gasteiger partial charge >= 0.3 is 5.97 Å². The van der Waals surface area contributed by atoms with E-state index in [1.165, 1.54) is 0 Å². The summed E-state index contributed by atoms with van der Waals surface area (Å²) in [6.45, 7) is 5.41. The Morgan fingerprint density at radius 2 is 1.49 bits per heavy atom. The molecule has 2 aromatic carbocycles. The fraction of sp³-hybridized carbons (Fsp3) is 0.320. The standard InChI is InChI=1S/C25H26IN7O4/c26-21-4-2-1-3-20(21)22(34)37-19-7-5-18(6-8-19)17-27-31-23-28-24(32-9-13-35-14-10-32)30-25(29-23)33-11-15-36-16-12-33/h1-8,17H,9-16H2,(H,28,29,30,31)/b27-17+. The van der Waals surface area contributed by atoms with Crippen LogP contribution in [0.5, 0.6) is 5.75 Å². The summed E-state index contributed by atoms with van der Waals surface area (Å²) in [5.74, 6) is 1.61. The summed E-state index contributed by atoms with van der Waals surface area (Å²) in [6.07, 6.45) is 1.65. The third kappa shape index (κ3) is 6.70. The molecule has 0 radical (unpaired) electrons. The van der Waals surface area contributed by atoms with Crippen molar-refractivity contribution in [2.75, 3.05) is 67.8 Å². The third-order valence-corrected chi connectivity index (χ3v) is 6.70. The lowest BCUT2D eigenvalue weighted by atomic mass is 10.2. The van der Waals surface area contributed by atoms with Crippen LogP contribution >= 0.6 is 22.6 Å². The van der Waals surface area contributed by atoms with Crippen molar-refractivity contribution in [3.8, 4) is 5.75 Å². The van der Waals surface area contributed by atoms with Crippen LogP contribution in [0.15, 0.2) is 53.6 Å². The number of ether oxygens (including phenoxy) is 3. The highest BCUT2D eigenvalue weighted by Gasteiger charge is 2.20. The van der Waals surface area contributed by atoms with E-state index >= 15 is 0 Å². The Labute approximate surface area is 228 Å². The molecule has 0 saturated carbocycles. The number of anilines is 3. The molecule has 0 amide bonds. The molecule has 3 aromatic rings. The predicted molar refractivity (Wildman–Crippen MR) is 148 cm³/mol. The zero-order chi connectivity index (χ0) is 25.5. The molecule has 0 atom stereocenters. The van der Waals surface area contributed by atoms with Gasteiger partial charge < -0.3 is 24.0 Å². The Morgan fingerprint density at radius 3 is 2.08 bits per heavy atom. The number of carbonyl (C=O) groups is 1. The highest BCUT2D eigenvalue weighted by molar-refractivity contribution is 14.1. The van der Waals surface area contributed by atoms with Crippen LogP contribution in [0.2, 0.25) is 0 Å². The number of benzene rings is 2. The van der Waals surface area contributed by atoms with Crippen molar-refractivity contribution in [1.29, 1.82) is 0 Å². The number of hydrazone groups is 1. The normalized spacial score (nSPS) is 16.1. The average molecular weight is 615 g/mol. The Bertz CT molecular complexity index is 1210. The molecule has 12 heteroatoms. The van der Waals surface area contributed by atoms with Crippen LogP contribution in [0.25, 0.3) is 0 Å². The summed E-state index contributed by atoms with van der Waals surface area (Å²) >= 11 is 2.12. The van der Waals surface area contributed by atoms with E-state index in [1.54, 1.807) is 24.4 Å². The maximum Gasteiger partial charge on any atom is 0.344 e. The smallest absolute Gasteiger partial charge is 0.344 e. The Kier molecular flexibility index (Phi) is 8.38. The summed E-state index contributed by atoms with van der Waals surface area (Å²) in [4.78, 5) is 30.4. The molecular weight excluding hydrogens is 589 g/mol. The Morgan fingerprint density at radius 1 is 0.892 bits per heavy atom. The first kappa shape index (κ1) is 25.3. The number of esters is 1. The van der Waals surface area contributed by atoms with Gasteiger partial charge in [0.15, 0.2) is 0 Å². The second-order valence-corrected chi connectivity index (χ2v) is 9.43. The van der Waals surface area contributed by atoms with Crippen molar-refractivity contribution in [3.63, 3.8) is 0 Å². The van der Waals surface area contributed by atoms with E-state index in [9.17, 15) is 4.79 Å². The maximum atomic E-state index is 12.4. The summed E-state index contributed by atoms with van der Waals surface area (Å²) in [7, 11) is 0. The number of nitrogens with one attached hydrogen (secondary N) is 1. The van der Waals surface area contributed by atoms with Crippen molar-refractivity contribution in [3.05, 3.63) is 63.2 Å². The van der Waals surface area contributed by atoms with E-state index in [1.807, 2.05) is 30.3 Å². The molecule has 2 aliphatic heterocycles. The van der Waals surface area contributed by atoms with Crippen molar-refractivity contribution in [2.45, 2.75) is 0 Å². The fourth-order valence-corrected chi connectivity index (χ4v) is 4.40. The molecule has 1 aromatic heterocycles. The molecule has 0 spiro atoms. The number of nitrogens with zero attached hydrogens (tertiary/aromatic N) is 6. The molecule has 0 aliphatic carbocycles. The van der Waals surface area contributed by atoms with Gasteiger partial charge in [0.1, 0.15) is 5.75 Å². The van der Waals surface area contributed by atoms with Crippen molar-refractivity contribution in [2.24, 2.45) is 5.10 Å². The fourth-order valence-electron chi connectivity index (χ4n) is 3.79. The topological polar surface area (TPSA) is 114 Å². The van der Waals surface area contributed by atoms with Gasteiger partial charge in [0.05, 0.1) is 38.2 Å². The molecule has 2 aliphatic rings. The van der Waals surface area contributed by atoms with Crippen molar-refractivity contribution >= 4 is 52.6 Å². The molecule has 5 rings (SSSR count). The molecule has 2 saturated heterocycles. The number of hydrogen-bond acceptors (Lipinski definition) is 11. The minimum atomic E-state index is -0.393. The summed E-state index contributed by atoms with van der Waals surface area (Å²) in [6, 6.07) is 14.4. The average Bonchev–Trinajstić information content (AvgIpc) is 2.95. The SMILES string of the molecule is O=C(Oc1ccc(/C=N/Nc2nc(N3CCOCC3)nc(N3CCOCC3)n2)cc1)c1ccccc1I. The number of morpholine rings is 2. The van der Waals surface area contributed by atoms with Crippen LogP contribution in [0.3, 0.4) is 0 Å². The number of hydrogen-bond donors (Lipinski definition) is 1. The first-order chi connectivity index (χ1) is 18.2. The molecular formula is C25H26IN7O4. The zero-order valence-electron chi connectivity index (χ0n) is 20.0. The number of aromatic nitrogens is 3. The highest BCUT2D eigenvalue weighted by atomic mass is 127. The van der Waals surface area contributed by atoms with Gasteiger partial charge in [-0.05, 0) is 64.6 Å². The van der Waals surface area contributed by atoms with Gasteiger partial charge in [-0.3, -0.25) is 0 Å². The first-order valence-electron chi connectivity index (χ1n) is 11.9. The van der Waals surface area contributed by atoms with E-state index in [4.69, 9.17) is 19.2 Å². The van der Waals surface area contributed by atoms with Gasteiger partial charge in [-0.15, -0.1) is 0 Å². The second kappa shape index (κ2) is 12.3. The lowest BCUT2D eigenvalue weighted by molar-refractivity contribution is 0.0733. The summed E-state index contributed by atoms with van der Waals surface area (Å²) in [5, 5.41) is 4.31. The van der Waals surface area contributed by atoms with Crippen LogP contribution < -0.4 is 20.0 Å². The van der Waals surface area contributed by atoms with Gasteiger partial charge in [-0.1, -0.05) is 12.1 Å². The highest BCUT2D eigenvalue weighted by Crippen LogP contribution is 2.19. The number of carbonyl (C=O) groups excluding carboxylic acids is 1. The largest absolute Gasteiger partial charge is 0.423 e. The molecule has 3 heterocycles. The van der Waals surface area contributed by atoms with Crippen molar-refractivity contribution < 1.29 is 19.0 Å². The van der Waals surface area contributed by atoms with E-state index in [0.717, 1.165) is 35.3 Å². The van der Waals surface area contributed by atoms with Crippen LogP contribution in [0.1, 0.15) is 15.9 Å². The van der Waals surface area contributed by atoms with Gasteiger partial charge in [-0.25, -0.2) is 10.2 Å². The second-order valence-electron chi connectivity index (χ2n) is 8.27. The van der Waals surface area contributed by atoms with E-state index in [2.05, 4.69) is 52.9 Å². The zero-order valence-corrected chi connectivity index (χ0v) is 22.2. The minimum absolute atomic E-state index is 0.359. The van der Waals surface area contributed by atoms with Gasteiger partial charge in [-0.2, -0.15) is 20.1 Å². The van der Waals surface area contributed by atoms with Crippen LogP contribution in [0, 0.1) is 3.57 Å². The predicted octanol–water partition coefficient (Wildman–Crippen LogP) is 2.81. The molecule has 0 bridgehead atoms. The van der Waals surface area contributed by atoms with Crippen molar-refractivity contribution in [1.82, 2.24) is 15.0 Å². The lowest BCUT2D eigenvalue weighted by Gasteiger charge is -2.30.